The summed E-state index contributed by atoms with van der Waals surface area (Å²) in [6.45, 7) is 4.94. The molecule has 1 aromatic carbocycles. The number of aromatic amines is 1. The quantitative estimate of drug-likeness (QED) is 0.0730. The minimum absolute atomic E-state index is 0.0137. The average Bonchev–Trinajstić information content (AvgIpc) is 3.71. The Labute approximate surface area is 256 Å². The van der Waals surface area contributed by atoms with Crippen LogP contribution in [0.2, 0.25) is 5.02 Å². The molecule has 1 fully saturated rings. The summed E-state index contributed by atoms with van der Waals surface area (Å²) in [6.07, 6.45) is 4.98. The fraction of sp³-hybridized carbons (Fsp3) is 0.414. The number of aliphatic imine (C=N–C) groups is 1. The first-order valence-electron chi connectivity index (χ1n) is 13.8. The molecule has 0 radical (unpaired) electrons. The Balaban J connectivity index is 1.26. The highest BCUT2D eigenvalue weighted by Gasteiger charge is 2.30. The number of ketones is 1. The number of nitrogens with one attached hydrogen (secondary N) is 2. The highest BCUT2D eigenvalue weighted by Crippen LogP contribution is 2.33. The molecule has 0 aliphatic carbocycles. The molecule has 5 rings (SSSR count). The number of hydrogen-bond donors (Lipinski definition) is 2. The van der Waals surface area contributed by atoms with Crippen LogP contribution in [0.15, 0.2) is 23.3 Å². The predicted molar refractivity (Wildman–Crippen MR) is 160 cm³/mol. The van der Waals surface area contributed by atoms with Crippen molar-refractivity contribution >= 4 is 63.1 Å². The van der Waals surface area contributed by atoms with Gasteiger partial charge < -0.3 is 19.3 Å². The highest BCUT2D eigenvalue weighted by molar-refractivity contribution is 7.20. The van der Waals surface area contributed by atoms with Crippen molar-refractivity contribution in [1.29, 1.82) is 5.26 Å². The number of Topliss-reactive ketones (excluding diaryl/α,β-unsaturated/α-hetero) is 1. The number of carbonyl (C=O) groups is 4. The van der Waals surface area contributed by atoms with E-state index in [-0.39, 0.29) is 47.7 Å². The summed E-state index contributed by atoms with van der Waals surface area (Å²) in [5, 5.41) is 18.9. The Morgan fingerprint density at radius 2 is 2.16 bits per heavy atom. The Bertz CT molecular complexity index is 1630. The summed E-state index contributed by atoms with van der Waals surface area (Å²) in [6, 6.07) is 3.55. The van der Waals surface area contributed by atoms with Gasteiger partial charge in [0.25, 0.3) is 5.91 Å². The number of hydrogen-bond acceptors (Lipinski definition) is 9. The van der Waals surface area contributed by atoms with E-state index in [1.807, 2.05) is 19.2 Å². The first-order chi connectivity index (χ1) is 20.7. The molecule has 224 valence electrons. The standard InChI is InChI=1S/C29H30ClN7O5S/c1-16-21-4-6-36(28(41)25-9-23-26(43-25)11-34-35-23)12-19(21)8-22(30)27(16)24(40)7-18(14-38)10-32-29(33-15-31)37-5-3-20(13-37)42-17(2)39/h8-9,11,14,18,20H,3-7,10,12-13H2,1-2H3,(H,32,33)(H,34,35)/t18-,20-/m0/s1. The van der Waals surface area contributed by atoms with Crippen LogP contribution >= 0.6 is 22.9 Å². The highest BCUT2D eigenvalue weighted by atomic mass is 35.5. The number of benzene rings is 1. The van der Waals surface area contributed by atoms with Gasteiger partial charge in [0.05, 0.1) is 39.4 Å². The van der Waals surface area contributed by atoms with Crippen LogP contribution in [0.5, 0.6) is 0 Å². The number of rotatable bonds is 8. The van der Waals surface area contributed by atoms with Gasteiger partial charge in [-0.25, -0.2) is 0 Å². The third kappa shape index (κ3) is 6.55. The molecule has 0 spiro atoms. The molecule has 43 heavy (non-hydrogen) atoms. The molecular weight excluding hydrogens is 594 g/mol. The van der Waals surface area contributed by atoms with Crippen molar-refractivity contribution in [1.82, 2.24) is 25.3 Å². The fourth-order valence-electron chi connectivity index (χ4n) is 5.65. The van der Waals surface area contributed by atoms with Crippen molar-refractivity contribution in [3.8, 4) is 6.19 Å². The van der Waals surface area contributed by atoms with Gasteiger partial charge in [0.15, 0.2) is 12.0 Å². The van der Waals surface area contributed by atoms with Gasteiger partial charge in [0.1, 0.15) is 12.4 Å². The van der Waals surface area contributed by atoms with Crippen molar-refractivity contribution in [2.45, 2.75) is 45.8 Å². The zero-order valence-electron chi connectivity index (χ0n) is 23.7. The van der Waals surface area contributed by atoms with Gasteiger partial charge in [0, 0.05) is 50.9 Å². The monoisotopic (exact) mass is 623 g/mol. The number of nitriles is 1. The summed E-state index contributed by atoms with van der Waals surface area (Å²) in [5.74, 6) is -1.19. The lowest BCUT2D eigenvalue weighted by molar-refractivity contribution is -0.145. The van der Waals surface area contributed by atoms with Crippen LogP contribution in [0.1, 0.15) is 56.5 Å². The van der Waals surface area contributed by atoms with E-state index in [1.165, 1.54) is 18.3 Å². The molecule has 1 saturated heterocycles. The van der Waals surface area contributed by atoms with Crippen LogP contribution in [0.4, 0.5) is 0 Å². The van der Waals surface area contributed by atoms with Crippen molar-refractivity contribution in [3.63, 3.8) is 0 Å². The number of thiophene rings is 1. The minimum atomic E-state index is -0.735. The average molecular weight is 624 g/mol. The molecule has 0 unspecified atom stereocenters. The molecule has 3 aromatic rings. The van der Waals surface area contributed by atoms with Gasteiger partial charge >= 0.3 is 5.97 Å². The van der Waals surface area contributed by atoms with Crippen molar-refractivity contribution in [2.75, 3.05) is 26.2 Å². The molecule has 12 nitrogen and oxygen atoms in total. The van der Waals surface area contributed by atoms with Crippen LogP contribution in [0, 0.1) is 24.3 Å². The molecule has 2 aliphatic rings. The second-order valence-corrected chi connectivity index (χ2v) is 12.1. The number of amides is 1. The number of esters is 1. The lowest BCUT2D eigenvalue weighted by atomic mass is 9.88. The second-order valence-electron chi connectivity index (χ2n) is 10.6. The van der Waals surface area contributed by atoms with Gasteiger partial charge in [-0.3, -0.25) is 29.8 Å². The molecule has 2 aliphatic heterocycles. The summed E-state index contributed by atoms with van der Waals surface area (Å²) >= 11 is 8.03. The normalized spacial score (nSPS) is 17.3. The van der Waals surface area contributed by atoms with E-state index >= 15 is 0 Å². The largest absolute Gasteiger partial charge is 0.461 e. The lowest BCUT2D eigenvalue weighted by Gasteiger charge is -2.30. The Morgan fingerprint density at radius 3 is 2.88 bits per heavy atom. The maximum atomic E-state index is 13.4. The molecule has 2 atom stereocenters. The van der Waals surface area contributed by atoms with Crippen molar-refractivity contribution in [2.24, 2.45) is 10.9 Å². The van der Waals surface area contributed by atoms with Crippen LogP contribution in [0.25, 0.3) is 10.2 Å². The maximum Gasteiger partial charge on any atom is 0.302 e. The van der Waals surface area contributed by atoms with Gasteiger partial charge in [-0.15, -0.1) is 11.3 Å². The SMILES string of the molecule is CC(=O)O[C@H]1CCN(C(=NC[C@@H](C=O)CC(=O)c2c(Cl)cc3c(c2C)CCN(C(=O)c2cc4[nH]ncc4s2)C3)NC#N)C1. The number of guanidine groups is 1. The number of nitrogens with zero attached hydrogens (tertiary/aromatic N) is 5. The fourth-order valence-corrected chi connectivity index (χ4v) is 6.98. The molecule has 1 amide bonds. The van der Waals surface area contributed by atoms with Crippen LogP contribution < -0.4 is 5.32 Å². The number of H-pyrrole nitrogens is 1. The molecule has 4 heterocycles. The Hall–Kier alpha value is -4.28. The lowest BCUT2D eigenvalue weighted by Crippen LogP contribution is -2.39. The minimum Gasteiger partial charge on any atom is -0.461 e. The number of likely N-dealkylation sites (tertiary alicyclic amines) is 1. The first-order valence-corrected chi connectivity index (χ1v) is 15.0. The maximum absolute atomic E-state index is 13.4. The number of aromatic nitrogens is 2. The van der Waals surface area contributed by atoms with E-state index in [0.717, 1.165) is 26.9 Å². The van der Waals surface area contributed by atoms with Gasteiger partial charge in [-0.1, -0.05) is 11.6 Å². The number of ether oxygens (including phenoxy) is 1. The van der Waals surface area contributed by atoms with Gasteiger partial charge in [-0.05, 0) is 42.2 Å². The van der Waals surface area contributed by atoms with E-state index in [1.54, 1.807) is 22.1 Å². The number of aldehydes is 1. The second kappa shape index (κ2) is 12.9. The van der Waals surface area contributed by atoms with Gasteiger partial charge in [-0.2, -0.15) is 10.4 Å². The number of halogens is 1. The summed E-state index contributed by atoms with van der Waals surface area (Å²) < 4.78 is 6.16. The Morgan fingerprint density at radius 1 is 1.35 bits per heavy atom. The topological polar surface area (TPSA) is 161 Å². The van der Waals surface area contributed by atoms with Crippen LogP contribution in [-0.2, 0) is 27.3 Å². The van der Waals surface area contributed by atoms with Crippen molar-refractivity contribution in [3.05, 3.63) is 50.5 Å². The van der Waals surface area contributed by atoms with Gasteiger partial charge in [0.2, 0.25) is 5.96 Å². The molecule has 2 N–H and O–H groups in total. The summed E-state index contributed by atoms with van der Waals surface area (Å²) in [7, 11) is 0. The number of fused-ring (bicyclic) bond motifs is 2. The molecule has 2 aromatic heterocycles. The first kappa shape index (κ1) is 30.2. The number of carbonyl (C=O) groups excluding carboxylic acids is 4. The van der Waals surface area contributed by atoms with Crippen molar-refractivity contribution < 1.29 is 23.9 Å². The third-order valence-corrected chi connectivity index (χ3v) is 9.07. The molecule has 14 heteroatoms. The van der Waals surface area contributed by atoms with E-state index in [9.17, 15) is 24.4 Å². The smallest absolute Gasteiger partial charge is 0.302 e. The van der Waals surface area contributed by atoms with Crippen LogP contribution in [-0.4, -0.2) is 82.2 Å². The van der Waals surface area contributed by atoms with E-state index in [0.29, 0.717) is 55.7 Å². The molecule has 0 saturated carbocycles. The zero-order valence-corrected chi connectivity index (χ0v) is 25.3. The van der Waals surface area contributed by atoms with E-state index in [2.05, 4.69) is 20.5 Å². The summed E-state index contributed by atoms with van der Waals surface area (Å²) in [4.78, 5) is 58.5. The predicted octanol–water partition coefficient (Wildman–Crippen LogP) is 3.24. The summed E-state index contributed by atoms with van der Waals surface area (Å²) in [5.41, 5.74) is 3.83. The molecule has 0 bridgehead atoms. The van der Waals surface area contributed by atoms with E-state index < -0.39 is 5.92 Å². The third-order valence-electron chi connectivity index (χ3n) is 7.71. The molecular formula is C29H30ClN7O5S. The van der Waals surface area contributed by atoms with E-state index in [4.69, 9.17) is 16.3 Å². The van der Waals surface area contributed by atoms with Crippen LogP contribution in [0.3, 0.4) is 0 Å². The Kier molecular flexibility index (Phi) is 9.08. The zero-order chi connectivity index (χ0) is 30.7.